The van der Waals surface area contributed by atoms with Gasteiger partial charge in [0.2, 0.25) is 0 Å². The number of aromatic nitrogens is 3. The zero-order valence-corrected chi connectivity index (χ0v) is 11.0. The van der Waals surface area contributed by atoms with Crippen LogP contribution in [0.1, 0.15) is 11.3 Å². The fourth-order valence-electron chi connectivity index (χ4n) is 1.43. The molecule has 0 aromatic carbocycles. The van der Waals surface area contributed by atoms with Gasteiger partial charge in [0, 0.05) is 6.20 Å². The lowest BCUT2D eigenvalue weighted by molar-refractivity contribution is -0.137. The Morgan fingerprint density at radius 1 is 1.32 bits per heavy atom. The van der Waals surface area contributed by atoms with E-state index in [1.165, 1.54) is 0 Å². The average molecular weight is 311 g/mol. The Morgan fingerprint density at radius 2 is 1.95 bits per heavy atom. The molecule has 102 valence electrons. The van der Waals surface area contributed by atoms with Crippen LogP contribution in [0.25, 0.3) is 5.82 Å². The summed E-state index contributed by atoms with van der Waals surface area (Å²) in [5, 5.41) is 3.95. The molecule has 0 aliphatic rings. The van der Waals surface area contributed by atoms with Crippen LogP contribution >= 0.6 is 23.2 Å². The molecular formula is C10H7Cl2F3N4. The van der Waals surface area contributed by atoms with Gasteiger partial charge in [0.25, 0.3) is 0 Å². The van der Waals surface area contributed by atoms with Crippen LogP contribution in [0.2, 0.25) is 10.0 Å². The Morgan fingerprint density at radius 3 is 2.37 bits per heavy atom. The van der Waals surface area contributed by atoms with Crippen LogP contribution in [0.3, 0.4) is 0 Å². The smallest absolute Gasteiger partial charge is 0.382 e. The molecule has 0 bridgehead atoms. The molecule has 0 atom stereocenters. The van der Waals surface area contributed by atoms with Gasteiger partial charge < -0.3 is 5.73 Å². The molecule has 19 heavy (non-hydrogen) atoms. The van der Waals surface area contributed by atoms with Crippen molar-refractivity contribution in [1.82, 2.24) is 14.8 Å². The summed E-state index contributed by atoms with van der Waals surface area (Å²) in [6.45, 7) is 1.60. The highest BCUT2D eigenvalue weighted by Crippen LogP contribution is 2.33. The molecule has 4 nitrogen and oxygen atoms in total. The number of anilines is 1. The largest absolute Gasteiger partial charge is 0.417 e. The van der Waals surface area contributed by atoms with Crippen molar-refractivity contribution in [2.45, 2.75) is 13.1 Å². The van der Waals surface area contributed by atoms with Crippen molar-refractivity contribution in [2.24, 2.45) is 0 Å². The summed E-state index contributed by atoms with van der Waals surface area (Å²) >= 11 is 11.6. The van der Waals surface area contributed by atoms with Crippen molar-refractivity contribution in [3.05, 3.63) is 33.6 Å². The molecule has 0 fully saturated rings. The number of nitrogen functional groups attached to an aromatic ring is 1. The number of alkyl halides is 3. The summed E-state index contributed by atoms with van der Waals surface area (Å²) < 4.78 is 38.5. The number of nitrogens with two attached hydrogens (primary N) is 1. The standard InChI is InChI=1S/C10H7Cl2F3N4/c1-4-7(12)8(16)19(18-4)9-6(11)2-5(3-17-9)10(13,14)15/h2-3H,16H2,1H3. The Bertz CT molecular complexity index is 636. The van der Waals surface area contributed by atoms with Crippen LogP contribution in [0.5, 0.6) is 0 Å². The van der Waals surface area contributed by atoms with Gasteiger partial charge in [0.05, 0.1) is 16.3 Å². The maximum absolute atomic E-state index is 12.5. The molecule has 0 spiro atoms. The van der Waals surface area contributed by atoms with Crippen LogP contribution < -0.4 is 5.73 Å². The first-order chi connectivity index (χ1) is 8.71. The summed E-state index contributed by atoms with van der Waals surface area (Å²) in [5.74, 6) is 0.0514. The summed E-state index contributed by atoms with van der Waals surface area (Å²) in [7, 11) is 0. The molecule has 2 rings (SSSR count). The van der Waals surface area contributed by atoms with Crippen LogP contribution in [0.15, 0.2) is 12.3 Å². The Balaban J connectivity index is 2.55. The van der Waals surface area contributed by atoms with Crippen molar-refractivity contribution in [1.29, 1.82) is 0 Å². The molecule has 0 saturated carbocycles. The van der Waals surface area contributed by atoms with Gasteiger partial charge in [-0.15, -0.1) is 0 Å². The average Bonchev–Trinajstić information content (AvgIpc) is 2.56. The number of halogens is 5. The van der Waals surface area contributed by atoms with Gasteiger partial charge in [-0.25, -0.2) is 4.98 Å². The number of aryl methyl sites for hydroxylation is 1. The quantitative estimate of drug-likeness (QED) is 0.877. The minimum Gasteiger partial charge on any atom is -0.382 e. The summed E-state index contributed by atoms with van der Waals surface area (Å²) in [4.78, 5) is 3.64. The third-order valence-corrected chi connectivity index (χ3v) is 3.12. The lowest BCUT2D eigenvalue weighted by Gasteiger charge is -2.09. The molecule has 0 amide bonds. The molecule has 2 aromatic heterocycles. The van der Waals surface area contributed by atoms with Gasteiger partial charge in [-0.1, -0.05) is 23.2 Å². The molecule has 9 heteroatoms. The third-order valence-electron chi connectivity index (χ3n) is 2.37. The molecule has 0 radical (unpaired) electrons. The number of nitrogens with zero attached hydrogens (tertiary/aromatic N) is 3. The van der Waals surface area contributed by atoms with E-state index in [9.17, 15) is 13.2 Å². The van der Waals surface area contributed by atoms with Gasteiger partial charge >= 0.3 is 6.18 Å². The number of hydrogen-bond donors (Lipinski definition) is 1. The van der Waals surface area contributed by atoms with E-state index in [-0.39, 0.29) is 21.7 Å². The van der Waals surface area contributed by atoms with Gasteiger partial charge in [-0.2, -0.15) is 23.0 Å². The van der Waals surface area contributed by atoms with E-state index in [4.69, 9.17) is 28.9 Å². The Kier molecular flexibility index (Phi) is 3.36. The highest BCUT2D eigenvalue weighted by Gasteiger charge is 2.32. The monoisotopic (exact) mass is 310 g/mol. The lowest BCUT2D eigenvalue weighted by Crippen LogP contribution is -2.09. The zero-order chi connectivity index (χ0) is 14.4. The van der Waals surface area contributed by atoms with Gasteiger partial charge in [-0.05, 0) is 13.0 Å². The second kappa shape index (κ2) is 4.57. The van der Waals surface area contributed by atoms with E-state index in [0.717, 1.165) is 10.7 Å². The predicted octanol–water partition coefficient (Wildman–Crippen LogP) is 3.48. The van der Waals surface area contributed by atoms with Crippen molar-refractivity contribution in [2.75, 3.05) is 5.73 Å². The molecule has 2 heterocycles. The zero-order valence-electron chi connectivity index (χ0n) is 9.46. The lowest BCUT2D eigenvalue weighted by atomic mass is 10.3. The van der Waals surface area contributed by atoms with Crippen LogP contribution in [-0.2, 0) is 6.18 Å². The van der Waals surface area contributed by atoms with Crippen LogP contribution in [0.4, 0.5) is 19.0 Å². The number of rotatable bonds is 1. The van der Waals surface area contributed by atoms with Gasteiger partial charge in [0.1, 0.15) is 10.8 Å². The highest BCUT2D eigenvalue weighted by molar-refractivity contribution is 6.34. The maximum Gasteiger partial charge on any atom is 0.417 e. The normalized spacial score (nSPS) is 11.9. The van der Waals surface area contributed by atoms with Crippen molar-refractivity contribution < 1.29 is 13.2 Å². The van der Waals surface area contributed by atoms with E-state index < -0.39 is 11.7 Å². The van der Waals surface area contributed by atoms with E-state index in [2.05, 4.69) is 10.1 Å². The first-order valence-electron chi connectivity index (χ1n) is 4.95. The minimum atomic E-state index is -4.52. The SMILES string of the molecule is Cc1nn(-c2ncc(C(F)(F)F)cc2Cl)c(N)c1Cl. The summed E-state index contributed by atoms with van der Waals surface area (Å²) in [6, 6.07) is 0.758. The molecule has 2 N–H and O–H groups in total. The topological polar surface area (TPSA) is 56.7 Å². The Hall–Kier alpha value is -1.47. The van der Waals surface area contributed by atoms with Crippen molar-refractivity contribution >= 4 is 29.0 Å². The number of pyridine rings is 1. The first-order valence-corrected chi connectivity index (χ1v) is 5.71. The maximum atomic E-state index is 12.5. The predicted molar refractivity (Wildman–Crippen MR) is 65.5 cm³/mol. The van der Waals surface area contributed by atoms with E-state index in [0.29, 0.717) is 11.9 Å². The summed E-state index contributed by atoms with van der Waals surface area (Å²) in [6.07, 6.45) is -3.86. The molecule has 2 aromatic rings. The van der Waals surface area contributed by atoms with E-state index in [1.807, 2.05) is 0 Å². The van der Waals surface area contributed by atoms with Crippen LogP contribution in [0, 0.1) is 6.92 Å². The van der Waals surface area contributed by atoms with Crippen LogP contribution in [-0.4, -0.2) is 14.8 Å². The molecular weight excluding hydrogens is 304 g/mol. The van der Waals surface area contributed by atoms with E-state index >= 15 is 0 Å². The number of hydrogen-bond acceptors (Lipinski definition) is 3. The van der Waals surface area contributed by atoms with Gasteiger partial charge in [-0.3, -0.25) is 0 Å². The second-order valence-corrected chi connectivity index (χ2v) is 4.51. The third kappa shape index (κ3) is 2.48. The van der Waals surface area contributed by atoms with Gasteiger partial charge in [0.15, 0.2) is 5.82 Å². The fourth-order valence-corrected chi connectivity index (χ4v) is 1.79. The Labute approximate surface area is 115 Å². The fraction of sp³-hybridized carbons (Fsp3) is 0.200. The molecule has 0 aliphatic heterocycles. The van der Waals surface area contributed by atoms with Crippen molar-refractivity contribution in [3.8, 4) is 5.82 Å². The highest BCUT2D eigenvalue weighted by atomic mass is 35.5. The van der Waals surface area contributed by atoms with Crippen molar-refractivity contribution in [3.63, 3.8) is 0 Å². The second-order valence-electron chi connectivity index (χ2n) is 3.72. The molecule has 0 saturated heterocycles. The summed E-state index contributed by atoms with van der Waals surface area (Å²) in [5.41, 5.74) is 5.15. The first kappa shape index (κ1) is 14.0. The molecule has 0 unspecified atom stereocenters. The van der Waals surface area contributed by atoms with E-state index in [1.54, 1.807) is 6.92 Å². The molecule has 0 aliphatic carbocycles. The minimum absolute atomic E-state index is 0.0119.